The van der Waals surface area contributed by atoms with Crippen LogP contribution < -0.4 is 15.4 Å². The Morgan fingerprint density at radius 2 is 1.59 bits per heavy atom. The van der Waals surface area contributed by atoms with Crippen LogP contribution >= 0.6 is 0 Å². The molecule has 2 aromatic carbocycles. The summed E-state index contributed by atoms with van der Waals surface area (Å²) in [4.78, 5) is 35.1. The third kappa shape index (κ3) is 9.01. The highest BCUT2D eigenvalue weighted by Gasteiger charge is 2.42. The number of amides is 2. The Morgan fingerprint density at radius 3 is 2.28 bits per heavy atom. The minimum atomic E-state index is -1.39. The summed E-state index contributed by atoms with van der Waals surface area (Å²) in [7, 11) is 0. The second-order valence-electron chi connectivity index (χ2n) is 9.05. The lowest BCUT2D eigenvalue weighted by atomic mass is 10.0. The van der Waals surface area contributed by atoms with Crippen molar-refractivity contribution < 1.29 is 49.0 Å². The number of rotatable bonds is 13. The van der Waals surface area contributed by atoms with Crippen LogP contribution in [0.3, 0.4) is 0 Å². The van der Waals surface area contributed by atoms with E-state index in [2.05, 4.69) is 10.6 Å². The molecule has 3 rings (SSSR count). The summed E-state index contributed by atoms with van der Waals surface area (Å²) in [6.45, 7) is 1.89. The largest absolute Gasteiger partial charge is 0.484 e. The van der Waals surface area contributed by atoms with E-state index in [0.717, 1.165) is 11.1 Å². The van der Waals surface area contributed by atoms with E-state index in [1.807, 2.05) is 0 Å². The minimum absolute atomic E-state index is 0.106. The third-order valence-electron chi connectivity index (χ3n) is 6.08. The van der Waals surface area contributed by atoms with Crippen LogP contribution in [0.1, 0.15) is 30.1 Å². The van der Waals surface area contributed by atoms with Gasteiger partial charge in [0.15, 0.2) is 12.9 Å². The van der Waals surface area contributed by atoms with Crippen LogP contribution in [-0.4, -0.2) is 95.2 Å². The van der Waals surface area contributed by atoms with Crippen molar-refractivity contribution in [3.8, 4) is 16.9 Å². The third-order valence-corrected chi connectivity index (χ3v) is 6.08. The predicted octanol–water partition coefficient (Wildman–Crippen LogP) is 0.287. The molecule has 2 amide bonds. The van der Waals surface area contributed by atoms with Crippen molar-refractivity contribution in [1.29, 1.82) is 0 Å². The van der Waals surface area contributed by atoms with Crippen LogP contribution in [0.4, 0.5) is 0 Å². The number of carbonyl (C=O) groups excluding carboxylic acids is 2. The molecule has 1 aliphatic rings. The van der Waals surface area contributed by atoms with Gasteiger partial charge in [0.25, 0.3) is 5.91 Å². The lowest BCUT2D eigenvalue weighted by molar-refractivity contribution is -0.293. The fourth-order valence-electron chi connectivity index (χ4n) is 3.85. The van der Waals surface area contributed by atoms with E-state index in [1.54, 1.807) is 49.4 Å². The molecule has 1 saturated heterocycles. The van der Waals surface area contributed by atoms with Crippen LogP contribution in [-0.2, 0) is 19.1 Å². The van der Waals surface area contributed by atoms with E-state index >= 15 is 0 Å². The predicted molar refractivity (Wildman–Crippen MR) is 138 cm³/mol. The van der Waals surface area contributed by atoms with Gasteiger partial charge in [-0.15, -0.1) is 0 Å². The molecule has 12 nitrogen and oxygen atoms in total. The molecule has 0 saturated carbocycles. The number of nitrogens with one attached hydrogen (secondary N) is 2. The van der Waals surface area contributed by atoms with Crippen molar-refractivity contribution in [2.75, 3.05) is 26.3 Å². The first-order valence-electron chi connectivity index (χ1n) is 12.6. The molecule has 5 atom stereocenters. The van der Waals surface area contributed by atoms with E-state index < -0.39 is 36.7 Å². The molecule has 212 valence electrons. The van der Waals surface area contributed by atoms with Crippen LogP contribution in [0.15, 0.2) is 48.5 Å². The average Bonchev–Trinajstić information content (AvgIpc) is 2.94. The zero-order valence-electron chi connectivity index (χ0n) is 21.5. The topological polar surface area (TPSA) is 184 Å². The maximum Gasteiger partial charge on any atom is 0.335 e. The van der Waals surface area contributed by atoms with Gasteiger partial charge in [0.05, 0.1) is 18.3 Å². The monoisotopic (exact) mass is 546 g/mol. The van der Waals surface area contributed by atoms with Gasteiger partial charge < -0.3 is 45.3 Å². The first-order valence-corrected chi connectivity index (χ1v) is 12.6. The Morgan fingerprint density at radius 1 is 0.897 bits per heavy atom. The van der Waals surface area contributed by atoms with Gasteiger partial charge >= 0.3 is 5.97 Å². The number of ether oxygens (including phenoxy) is 3. The number of aromatic carboxylic acids is 1. The van der Waals surface area contributed by atoms with Gasteiger partial charge in [-0.25, -0.2) is 4.79 Å². The van der Waals surface area contributed by atoms with Crippen molar-refractivity contribution in [3.63, 3.8) is 0 Å². The number of carboxylic acid groups (broad SMARTS) is 1. The fourth-order valence-corrected chi connectivity index (χ4v) is 3.85. The van der Waals surface area contributed by atoms with Crippen LogP contribution in [0, 0.1) is 0 Å². The Kier molecular flexibility index (Phi) is 11.2. The number of benzene rings is 2. The SMILES string of the molecule is C[C@@H]1OC(OCCCC(=O)NCCNC(=O)COc2ccc(-c3cccc(C(=O)O)c3)cc2)[C@@H](O)C(O)C1O. The molecule has 0 aliphatic carbocycles. The zero-order chi connectivity index (χ0) is 28.4. The van der Waals surface area contributed by atoms with E-state index in [1.165, 1.54) is 6.07 Å². The summed E-state index contributed by atoms with van der Waals surface area (Å²) in [5, 5.41) is 43.8. The van der Waals surface area contributed by atoms with E-state index in [0.29, 0.717) is 12.2 Å². The molecule has 0 radical (unpaired) electrons. The Balaban J connectivity index is 1.26. The van der Waals surface area contributed by atoms with Crippen LogP contribution in [0.25, 0.3) is 11.1 Å². The minimum Gasteiger partial charge on any atom is -0.484 e. The fraction of sp³-hybridized carbons (Fsp3) is 0.444. The molecule has 1 heterocycles. The molecule has 3 unspecified atom stereocenters. The van der Waals surface area contributed by atoms with Crippen LogP contribution in [0.5, 0.6) is 5.75 Å². The molecule has 0 spiro atoms. The normalized spacial score (nSPS) is 22.6. The Hall–Kier alpha value is -3.55. The highest BCUT2D eigenvalue weighted by atomic mass is 16.7. The van der Waals surface area contributed by atoms with E-state index in [4.69, 9.17) is 19.3 Å². The number of aliphatic hydroxyl groups excluding tert-OH is 3. The van der Waals surface area contributed by atoms with Crippen molar-refractivity contribution in [3.05, 3.63) is 54.1 Å². The zero-order valence-corrected chi connectivity index (χ0v) is 21.5. The first kappa shape index (κ1) is 30.0. The van der Waals surface area contributed by atoms with Crippen LogP contribution in [0.2, 0.25) is 0 Å². The number of carboxylic acids is 1. The van der Waals surface area contributed by atoms with Gasteiger partial charge in [-0.05, 0) is 48.7 Å². The van der Waals surface area contributed by atoms with Gasteiger partial charge in [-0.2, -0.15) is 0 Å². The summed E-state index contributed by atoms with van der Waals surface area (Å²) in [6, 6.07) is 13.5. The van der Waals surface area contributed by atoms with Gasteiger partial charge in [-0.1, -0.05) is 24.3 Å². The van der Waals surface area contributed by atoms with Crippen molar-refractivity contribution in [2.45, 2.75) is 50.5 Å². The quantitative estimate of drug-likeness (QED) is 0.191. The molecule has 12 heteroatoms. The summed E-state index contributed by atoms with van der Waals surface area (Å²) in [5.41, 5.74) is 1.75. The second-order valence-corrected chi connectivity index (χ2v) is 9.05. The van der Waals surface area contributed by atoms with Gasteiger partial charge in [0.2, 0.25) is 5.91 Å². The number of aliphatic hydroxyl groups is 3. The second kappa shape index (κ2) is 14.6. The molecular weight excluding hydrogens is 512 g/mol. The summed E-state index contributed by atoms with van der Waals surface area (Å²) in [5.74, 6) is -1.13. The summed E-state index contributed by atoms with van der Waals surface area (Å²) in [6.07, 6.45) is -5.27. The number of hydrogen-bond acceptors (Lipinski definition) is 9. The summed E-state index contributed by atoms with van der Waals surface area (Å²) < 4.78 is 16.2. The average molecular weight is 547 g/mol. The Bertz CT molecular complexity index is 1110. The Labute approximate surface area is 225 Å². The molecule has 1 fully saturated rings. The van der Waals surface area contributed by atoms with Gasteiger partial charge in [0.1, 0.15) is 24.1 Å². The highest BCUT2D eigenvalue weighted by molar-refractivity contribution is 5.89. The lowest BCUT2D eigenvalue weighted by Crippen LogP contribution is -2.57. The van der Waals surface area contributed by atoms with E-state index in [-0.39, 0.29) is 50.1 Å². The molecule has 0 bridgehead atoms. The van der Waals surface area contributed by atoms with E-state index in [9.17, 15) is 29.7 Å². The molecule has 39 heavy (non-hydrogen) atoms. The maximum absolute atomic E-state index is 12.0. The molecular formula is C27H34N2O10. The maximum atomic E-state index is 12.0. The highest BCUT2D eigenvalue weighted by Crippen LogP contribution is 2.24. The first-order chi connectivity index (χ1) is 18.7. The number of hydrogen-bond donors (Lipinski definition) is 6. The van der Waals surface area contributed by atoms with Crippen molar-refractivity contribution in [2.24, 2.45) is 0 Å². The molecule has 0 aromatic heterocycles. The smallest absolute Gasteiger partial charge is 0.335 e. The molecule has 6 N–H and O–H groups in total. The van der Waals surface area contributed by atoms with Gasteiger partial charge in [-0.3, -0.25) is 9.59 Å². The standard InChI is InChI=1S/C27H34N2O10/c1-16-23(32)24(33)25(34)27(39-16)37-13-3-6-21(30)28-11-12-29-22(31)15-38-20-9-7-17(8-10-20)18-4-2-5-19(14-18)26(35)36/h2,4-5,7-10,14,16,23-25,27,32-34H,3,6,11-13,15H2,1H3,(H,28,30)(H,29,31)(H,35,36)/t16-,23?,24?,25-,27?/m0/s1. The lowest BCUT2D eigenvalue weighted by Gasteiger charge is -2.38. The number of carbonyl (C=O) groups is 3. The van der Waals surface area contributed by atoms with Crippen molar-refractivity contribution in [1.82, 2.24) is 10.6 Å². The molecule has 2 aromatic rings. The van der Waals surface area contributed by atoms with Crippen molar-refractivity contribution >= 4 is 17.8 Å². The molecule has 1 aliphatic heterocycles. The summed E-state index contributed by atoms with van der Waals surface area (Å²) >= 11 is 0. The van der Waals surface area contributed by atoms with Gasteiger partial charge in [0, 0.05) is 19.5 Å².